The SMILES string of the molecule is CN(CCCCCCl)C(=O)c1ccc(F)c2ccccc12. The Kier molecular flexibility index (Phi) is 5.57. The third-order valence-corrected chi connectivity index (χ3v) is 3.84. The van der Waals surface area contributed by atoms with Crippen molar-refractivity contribution in [2.45, 2.75) is 19.3 Å². The molecule has 0 aliphatic heterocycles. The lowest BCUT2D eigenvalue weighted by Crippen LogP contribution is -2.28. The summed E-state index contributed by atoms with van der Waals surface area (Å²) in [6.45, 7) is 0.682. The fourth-order valence-electron chi connectivity index (χ4n) is 2.38. The maximum absolute atomic E-state index is 13.8. The lowest BCUT2D eigenvalue weighted by molar-refractivity contribution is 0.0794. The van der Waals surface area contributed by atoms with Crippen LogP contribution in [0.1, 0.15) is 29.6 Å². The van der Waals surface area contributed by atoms with E-state index in [4.69, 9.17) is 11.6 Å². The molecule has 1 amide bonds. The molecular formula is C17H19ClFNO. The van der Waals surface area contributed by atoms with E-state index in [1.807, 2.05) is 6.07 Å². The first-order valence-corrected chi connectivity index (χ1v) is 7.67. The number of nitrogens with zero attached hydrogens (tertiary/aromatic N) is 1. The number of benzene rings is 2. The summed E-state index contributed by atoms with van der Waals surface area (Å²) in [4.78, 5) is 14.2. The number of unbranched alkanes of at least 4 members (excludes halogenated alkanes) is 2. The Morgan fingerprint density at radius 2 is 1.81 bits per heavy atom. The zero-order chi connectivity index (χ0) is 15.2. The Labute approximate surface area is 129 Å². The van der Waals surface area contributed by atoms with Crippen LogP contribution >= 0.6 is 11.6 Å². The highest BCUT2D eigenvalue weighted by molar-refractivity contribution is 6.17. The molecule has 0 radical (unpaired) electrons. The van der Waals surface area contributed by atoms with Gasteiger partial charge in [0.15, 0.2) is 0 Å². The minimum atomic E-state index is -0.299. The third-order valence-electron chi connectivity index (χ3n) is 3.58. The molecule has 0 saturated carbocycles. The van der Waals surface area contributed by atoms with E-state index < -0.39 is 0 Å². The van der Waals surface area contributed by atoms with E-state index in [2.05, 4.69) is 0 Å². The summed E-state index contributed by atoms with van der Waals surface area (Å²) in [5, 5.41) is 1.15. The molecule has 0 atom stereocenters. The topological polar surface area (TPSA) is 20.3 Å². The largest absolute Gasteiger partial charge is 0.342 e. The molecule has 4 heteroatoms. The van der Waals surface area contributed by atoms with Crippen molar-refractivity contribution >= 4 is 28.3 Å². The normalized spacial score (nSPS) is 10.8. The van der Waals surface area contributed by atoms with Gasteiger partial charge in [-0.2, -0.15) is 0 Å². The van der Waals surface area contributed by atoms with Gasteiger partial charge in [0.1, 0.15) is 5.82 Å². The van der Waals surface area contributed by atoms with Gasteiger partial charge in [-0.3, -0.25) is 4.79 Å². The quantitative estimate of drug-likeness (QED) is 0.570. The summed E-state index contributed by atoms with van der Waals surface area (Å²) in [5.41, 5.74) is 0.548. The molecule has 0 heterocycles. The maximum atomic E-state index is 13.8. The van der Waals surface area contributed by atoms with Crippen molar-refractivity contribution in [1.82, 2.24) is 4.90 Å². The molecule has 0 fully saturated rings. The van der Waals surface area contributed by atoms with Crippen molar-refractivity contribution in [3.05, 3.63) is 47.8 Å². The fraction of sp³-hybridized carbons (Fsp3) is 0.353. The summed E-state index contributed by atoms with van der Waals surface area (Å²) in [7, 11) is 1.78. The number of hydrogen-bond donors (Lipinski definition) is 0. The van der Waals surface area contributed by atoms with E-state index in [0.717, 1.165) is 19.3 Å². The molecule has 2 rings (SSSR count). The second-order valence-electron chi connectivity index (χ2n) is 5.12. The number of halogens is 2. The van der Waals surface area contributed by atoms with Crippen LogP contribution in [0.15, 0.2) is 36.4 Å². The Morgan fingerprint density at radius 3 is 2.52 bits per heavy atom. The fourth-order valence-corrected chi connectivity index (χ4v) is 2.57. The highest BCUT2D eigenvalue weighted by Crippen LogP contribution is 2.22. The molecule has 112 valence electrons. The van der Waals surface area contributed by atoms with Crippen LogP contribution in [0.2, 0.25) is 0 Å². The number of fused-ring (bicyclic) bond motifs is 1. The van der Waals surface area contributed by atoms with E-state index in [-0.39, 0.29) is 11.7 Å². The lowest BCUT2D eigenvalue weighted by Gasteiger charge is -2.18. The minimum Gasteiger partial charge on any atom is -0.342 e. The van der Waals surface area contributed by atoms with Crippen LogP contribution in [-0.4, -0.2) is 30.3 Å². The van der Waals surface area contributed by atoms with Gasteiger partial charge >= 0.3 is 0 Å². The van der Waals surface area contributed by atoms with Crippen LogP contribution in [0, 0.1) is 5.82 Å². The number of rotatable bonds is 6. The molecule has 0 bridgehead atoms. The molecular weight excluding hydrogens is 289 g/mol. The van der Waals surface area contributed by atoms with Crippen molar-refractivity contribution in [3.63, 3.8) is 0 Å². The molecule has 0 unspecified atom stereocenters. The smallest absolute Gasteiger partial charge is 0.254 e. The van der Waals surface area contributed by atoms with Gasteiger partial charge in [-0.15, -0.1) is 11.6 Å². The van der Waals surface area contributed by atoms with Gasteiger partial charge in [-0.1, -0.05) is 30.7 Å². The highest BCUT2D eigenvalue weighted by Gasteiger charge is 2.15. The standard InChI is InChI=1S/C17H19ClFNO/c1-20(12-6-2-5-11-18)17(21)15-9-10-16(19)14-8-4-3-7-13(14)15/h3-4,7-10H,2,5-6,11-12H2,1H3. The predicted octanol–water partition coefficient (Wildman–Crippen LogP) is 4.46. The summed E-state index contributed by atoms with van der Waals surface area (Å²) >= 11 is 5.64. The molecule has 0 aliphatic rings. The van der Waals surface area contributed by atoms with Crippen molar-refractivity contribution in [2.24, 2.45) is 0 Å². The van der Waals surface area contributed by atoms with Crippen molar-refractivity contribution < 1.29 is 9.18 Å². The van der Waals surface area contributed by atoms with E-state index in [1.54, 1.807) is 36.2 Å². The first-order valence-electron chi connectivity index (χ1n) is 7.14. The highest BCUT2D eigenvalue weighted by atomic mass is 35.5. The molecule has 0 spiro atoms. The molecule has 2 aromatic carbocycles. The van der Waals surface area contributed by atoms with Crippen molar-refractivity contribution in [3.8, 4) is 0 Å². The van der Waals surface area contributed by atoms with Crippen molar-refractivity contribution in [1.29, 1.82) is 0 Å². The molecule has 0 N–H and O–H groups in total. The average molecular weight is 308 g/mol. The summed E-state index contributed by atoms with van der Waals surface area (Å²) in [6, 6.07) is 10.00. The Bertz CT molecular complexity index is 629. The van der Waals surface area contributed by atoms with Gasteiger partial charge in [0.05, 0.1) is 0 Å². The predicted molar refractivity (Wildman–Crippen MR) is 85.4 cm³/mol. The molecule has 2 aromatic rings. The van der Waals surface area contributed by atoms with E-state index >= 15 is 0 Å². The molecule has 21 heavy (non-hydrogen) atoms. The molecule has 0 aromatic heterocycles. The zero-order valence-corrected chi connectivity index (χ0v) is 12.9. The Morgan fingerprint density at radius 1 is 1.10 bits per heavy atom. The molecule has 0 aliphatic carbocycles. The Balaban J connectivity index is 2.18. The number of carbonyl (C=O) groups excluding carboxylic acids is 1. The zero-order valence-electron chi connectivity index (χ0n) is 12.1. The van der Waals surface area contributed by atoms with Gasteiger partial charge in [0.2, 0.25) is 0 Å². The van der Waals surface area contributed by atoms with Gasteiger partial charge in [-0.25, -0.2) is 4.39 Å². The van der Waals surface area contributed by atoms with Crippen LogP contribution in [0.5, 0.6) is 0 Å². The number of amides is 1. The second-order valence-corrected chi connectivity index (χ2v) is 5.49. The van der Waals surface area contributed by atoms with Gasteiger partial charge in [-0.05, 0) is 30.4 Å². The average Bonchev–Trinajstić information content (AvgIpc) is 2.51. The molecule has 2 nitrogen and oxygen atoms in total. The minimum absolute atomic E-state index is 0.0722. The Hall–Kier alpha value is -1.61. The first kappa shape index (κ1) is 15.8. The van der Waals surface area contributed by atoms with E-state index in [0.29, 0.717) is 28.8 Å². The second kappa shape index (κ2) is 7.41. The van der Waals surface area contributed by atoms with E-state index in [1.165, 1.54) is 6.07 Å². The van der Waals surface area contributed by atoms with Gasteiger partial charge in [0.25, 0.3) is 5.91 Å². The van der Waals surface area contributed by atoms with Crippen LogP contribution < -0.4 is 0 Å². The van der Waals surface area contributed by atoms with Gasteiger partial charge in [0, 0.05) is 30.4 Å². The number of carbonyl (C=O) groups is 1. The molecule has 0 saturated heterocycles. The number of hydrogen-bond acceptors (Lipinski definition) is 1. The first-order chi connectivity index (χ1) is 10.1. The van der Waals surface area contributed by atoms with Crippen LogP contribution in [0.25, 0.3) is 10.8 Å². The van der Waals surface area contributed by atoms with Crippen LogP contribution in [0.3, 0.4) is 0 Å². The van der Waals surface area contributed by atoms with E-state index in [9.17, 15) is 9.18 Å². The monoisotopic (exact) mass is 307 g/mol. The number of alkyl halides is 1. The third kappa shape index (κ3) is 3.73. The lowest BCUT2D eigenvalue weighted by atomic mass is 10.0. The maximum Gasteiger partial charge on any atom is 0.254 e. The summed E-state index contributed by atoms with van der Waals surface area (Å²) in [5.74, 6) is 0.282. The summed E-state index contributed by atoms with van der Waals surface area (Å²) in [6.07, 6.45) is 2.89. The van der Waals surface area contributed by atoms with Crippen LogP contribution in [-0.2, 0) is 0 Å². The van der Waals surface area contributed by atoms with Gasteiger partial charge < -0.3 is 4.90 Å². The summed E-state index contributed by atoms with van der Waals surface area (Å²) < 4.78 is 13.8. The van der Waals surface area contributed by atoms with Crippen molar-refractivity contribution in [2.75, 3.05) is 19.5 Å². The van der Waals surface area contributed by atoms with Crippen LogP contribution in [0.4, 0.5) is 4.39 Å².